The second-order valence-corrected chi connectivity index (χ2v) is 4.56. The average molecular weight is 234 g/mol. The van der Waals surface area contributed by atoms with Crippen LogP contribution in [0.5, 0.6) is 5.75 Å². The summed E-state index contributed by atoms with van der Waals surface area (Å²) in [6, 6.07) is 5.23. The summed E-state index contributed by atoms with van der Waals surface area (Å²) in [4.78, 5) is 12.7. The smallest absolute Gasteiger partial charge is 0.271 e. The lowest BCUT2D eigenvalue weighted by atomic mass is 10.00. The number of hydrogen-bond acceptors (Lipinski definition) is 4. The number of nitro benzene ring substituents is 1. The lowest BCUT2D eigenvalue weighted by Crippen LogP contribution is -2.46. The topological polar surface area (TPSA) is 55.6 Å². The summed E-state index contributed by atoms with van der Waals surface area (Å²) >= 11 is 0. The lowest BCUT2D eigenvalue weighted by Gasteiger charge is -2.41. The van der Waals surface area contributed by atoms with Crippen molar-refractivity contribution in [2.24, 2.45) is 0 Å². The molecular weight excluding hydrogens is 220 g/mol. The van der Waals surface area contributed by atoms with Crippen molar-refractivity contribution in [3.05, 3.63) is 28.3 Å². The van der Waals surface area contributed by atoms with E-state index < -0.39 is 0 Å². The molecule has 0 amide bonds. The molecule has 5 nitrogen and oxygen atoms in total. The summed E-state index contributed by atoms with van der Waals surface area (Å²) in [6.45, 7) is 1.67. The number of nitro groups is 1. The minimum absolute atomic E-state index is 0.138. The second-order valence-electron chi connectivity index (χ2n) is 4.56. The van der Waals surface area contributed by atoms with E-state index in [4.69, 9.17) is 4.74 Å². The summed E-state index contributed by atoms with van der Waals surface area (Å²) in [7, 11) is 0. The summed E-state index contributed by atoms with van der Waals surface area (Å²) in [5, 5.41) is 10.8. The van der Waals surface area contributed by atoms with Gasteiger partial charge in [0.2, 0.25) is 0 Å². The predicted molar refractivity (Wildman–Crippen MR) is 63.6 cm³/mol. The van der Waals surface area contributed by atoms with Crippen molar-refractivity contribution in [2.45, 2.75) is 25.3 Å². The first-order valence-corrected chi connectivity index (χ1v) is 5.93. The van der Waals surface area contributed by atoms with Crippen LogP contribution in [0.2, 0.25) is 0 Å². The molecule has 1 atom stereocenters. The van der Waals surface area contributed by atoms with Crippen molar-refractivity contribution >= 4 is 11.4 Å². The normalized spacial score (nSPS) is 22.4. The molecule has 2 heterocycles. The molecule has 1 fully saturated rings. The predicted octanol–water partition coefficient (Wildman–Crippen LogP) is 2.35. The van der Waals surface area contributed by atoms with Gasteiger partial charge in [0, 0.05) is 18.7 Å². The number of piperidine rings is 1. The van der Waals surface area contributed by atoms with Crippen LogP contribution in [0.1, 0.15) is 19.3 Å². The Balaban J connectivity index is 2.01. The number of nitrogens with zero attached hydrogens (tertiary/aromatic N) is 2. The standard InChI is InChI=1S/C12H14N2O3/c15-14(16)9-4-5-12-11(7-9)13-6-2-1-3-10(13)8-17-12/h4-5,7,10H,1-3,6,8H2/t10-/m1/s1. The zero-order valence-electron chi connectivity index (χ0n) is 9.46. The fraction of sp³-hybridized carbons (Fsp3) is 0.500. The van der Waals surface area contributed by atoms with Crippen molar-refractivity contribution < 1.29 is 9.66 Å². The van der Waals surface area contributed by atoms with Gasteiger partial charge in [-0.25, -0.2) is 0 Å². The second kappa shape index (κ2) is 3.91. The third-order valence-electron chi connectivity index (χ3n) is 3.52. The molecule has 0 aliphatic carbocycles. The number of hydrogen-bond donors (Lipinski definition) is 0. The molecule has 2 aliphatic rings. The van der Waals surface area contributed by atoms with E-state index in [9.17, 15) is 10.1 Å². The highest BCUT2D eigenvalue weighted by atomic mass is 16.6. The Morgan fingerprint density at radius 3 is 3.12 bits per heavy atom. The highest BCUT2D eigenvalue weighted by Gasteiger charge is 2.30. The first-order chi connectivity index (χ1) is 8.25. The van der Waals surface area contributed by atoms with Gasteiger partial charge in [0.05, 0.1) is 16.7 Å². The van der Waals surface area contributed by atoms with Crippen LogP contribution in [0.3, 0.4) is 0 Å². The summed E-state index contributed by atoms with van der Waals surface area (Å²) in [5.74, 6) is 0.772. The zero-order valence-corrected chi connectivity index (χ0v) is 9.46. The van der Waals surface area contributed by atoms with Crippen LogP contribution < -0.4 is 9.64 Å². The minimum atomic E-state index is -0.353. The van der Waals surface area contributed by atoms with Gasteiger partial charge >= 0.3 is 0 Å². The van der Waals surface area contributed by atoms with E-state index in [0.29, 0.717) is 12.6 Å². The van der Waals surface area contributed by atoms with E-state index in [0.717, 1.165) is 30.8 Å². The highest BCUT2D eigenvalue weighted by molar-refractivity contribution is 5.65. The monoisotopic (exact) mass is 234 g/mol. The molecule has 0 unspecified atom stereocenters. The van der Waals surface area contributed by atoms with Gasteiger partial charge in [-0.2, -0.15) is 0 Å². The average Bonchev–Trinajstić information content (AvgIpc) is 2.38. The van der Waals surface area contributed by atoms with E-state index in [1.165, 1.54) is 12.5 Å². The van der Waals surface area contributed by atoms with E-state index in [-0.39, 0.29) is 10.6 Å². The van der Waals surface area contributed by atoms with E-state index in [1.807, 2.05) is 0 Å². The van der Waals surface area contributed by atoms with Gasteiger partial charge in [-0.1, -0.05) is 0 Å². The maximum atomic E-state index is 10.8. The van der Waals surface area contributed by atoms with Crippen LogP contribution in [0.25, 0.3) is 0 Å². The van der Waals surface area contributed by atoms with Crippen LogP contribution in [0, 0.1) is 10.1 Å². The minimum Gasteiger partial charge on any atom is -0.489 e. The molecule has 3 rings (SSSR count). The molecule has 5 heteroatoms. The fourth-order valence-corrected chi connectivity index (χ4v) is 2.64. The van der Waals surface area contributed by atoms with Crippen molar-refractivity contribution in [1.29, 1.82) is 0 Å². The Morgan fingerprint density at radius 1 is 1.41 bits per heavy atom. The summed E-state index contributed by atoms with van der Waals surface area (Å²) in [5.41, 5.74) is 1.02. The first kappa shape index (κ1) is 10.4. The van der Waals surface area contributed by atoms with Crippen LogP contribution in [-0.2, 0) is 0 Å². The molecule has 17 heavy (non-hydrogen) atoms. The number of fused-ring (bicyclic) bond motifs is 3. The Bertz CT molecular complexity index is 461. The Hall–Kier alpha value is -1.78. The van der Waals surface area contributed by atoms with Crippen LogP contribution >= 0.6 is 0 Å². The highest BCUT2D eigenvalue weighted by Crippen LogP contribution is 2.39. The number of anilines is 1. The van der Waals surface area contributed by atoms with Gasteiger partial charge in [0.25, 0.3) is 5.69 Å². The number of benzene rings is 1. The molecule has 0 bridgehead atoms. The molecule has 0 aromatic heterocycles. The van der Waals surface area contributed by atoms with Gasteiger partial charge in [-0.3, -0.25) is 10.1 Å². The third kappa shape index (κ3) is 1.71. The van der Waals surface area contributed by atoms with E-state index >= 15 is 0 Å². The molecule has 0 N–H and O–H groups in total. The van der Waals surface area contributed by atoms with Crippen molar-refractivity contribution in [2.75, 3.05) is 18.1 Å². The van der Waals surface area contributed by atoms with Crippen LogP contribution in [-0.4, -0.2) is 24.1 Å². The maximum absolute atomic E-state index is 10.8. The van der Waals surface area contributed by atoms with Crippen molar-refractivity contribution in [3.8, 4) is 5.75 Å². The molecule has 0 radical (unpaired) electrons. The molecule has 90 valence electrons. The number of non-ortho nitro benzene ring substituents is 1. The molecular formula is C12H14N2O3. The Labute approximate surface area is 99.1 Å². The summed E-state index contributed by atoms with van der Waals surface area (Å²) < 4.78 is 5.66. The Morgan fingerprint density at radius 2 is 2.29 bits per heavy atom. The third-order valence-corrected chi connectivity index (χ3v) is 3.52. The lowest BCUT2D eigenvalue weighted by molar-refractivity contribution is -0.384. The first-order valence-electron chi connectivity index (χ1n) is 5.93. The molecule has 1 saturated heterocycles. The van der Waals surface area contributed by atoms with Gasteiger partial charge < -0.3 is 9.64 Å². The van der Waals surface area contributed by atoms with Gasteiger partial charge in [0.15, 0.2) is 0 Å². The van der Waals surface area contributed by atoms with Gasteiger partial charge in [-0.05, 0) is 25.3 Å². The van der Waals surface area contributed by atoms with Gasteiger partial charge in [-0.15, -0.1) is 0 Å². The molecule has 0 saturated carbocycles. The molecule has 2 aliphatic heterocycles. The maximum Gasteiger partial charge on any atom is 0.271 e. The largest absolute Gasteiger partial charge is 0.489 e. The summed E-state index contributed by atoms with van der Waals surface area (Å²) in [6.07, 6.45) is 3.48. The molecule has 0 spiro atoms. The Kier molecular flexibility index (Phi) is 2.39. The van der Waals surface area contributed by atoms with E-state index in [2.05, 4.69) is 4.90 Å². The van der Waals surface area contributed by atoms with Crippen LogP contribution in [0.15, 0.2) is 18.2 Å². The molecule has 1 aromatic carbocycles. The van der Waals surface area contributed by atoms with Crippen molar-refractivity contribution in [1.82, 2.24) is 0 Å². The quantitative estimate of drug-likeness (QED) is 0.553. The SMILES string of the molecule is O=[N+]([O-])c1ccc2c(c1)N1CCCC[C@@H]1CO2. The van der Waals surface area contributed by atoms with Gasteiger partial charge in [0.1, 0.15) is 12.4 Å². The zero-order chi connectivity index (χ0) is 11.8. The van der Waals surface area contributed by atoms with E-state index in [1.54, 1.807) is 12.1 Å². The number of ether oxygens (including phenoxy) is 1. The fourth-order valence-electron chi connectivity index (χ4n) is 2.64. The van der Waals surface area contributed by atoms with Crippen LogP contribution in [0.4, 0.5) is 11.4 Å². The number of rotatable bonds is 1. The molecule has 1 aromatic rings. The van der Waals surface area contributed by atoms with Crippen molar-refractivity contribution in [3.63, 3.8) is 0 Å².